The first kappa shape index (κ1) is 14.2. The van der Waals surface area contributed by atoms with Gasteiger partial charge in [-0.2, -0.15) is 13.2 Å². The lowest BCUT2D eigenvalue weighted by Gasteiger charge is -2.29. The van der Waals surface area contributed by atoms with E-state index >= 15 is 0 Å². The number of carboxylic acids is 1. The third-order valence-corrected chi connectivity index (χ3v) is 2.61. The van der Waals surface area contributed by atoms with Crippen molar-refractivity contribution in [1.82, 2.24) is 0 Å². The fourth-order valence-electron chi connectivity index (χ4n) is 1.86. The molecule has 0 radical (unpaired) electrons. The molecule has 108 valence electrons. The monoisotopic (exact) mass is 292 g/mol. The molecule has 1 aliphatic rings. The summed E-state index contributed by atoms with van der Waals surface area (Å²) in [5.74, 6) is -2.78. The number of hydrogen-bond donors (Lipinski definition) is 1. The highest BCUT2D eigenvalue weighted by atomic mass is 19.4. The molecule has 0 spiro atoms. The third-order valence-electron chi connectivity index (χ3n) is 2.61. The van der Waals surface area contributed by atoms with Crippen LogP contribution in [0.4, 0.5) is 17.6 Å². The maximum absolute atomic E-state index is 12.9. The van der Waals surface area contributed by atoms with Crippen LogP contribution in [0.25, 0.3) is 5.76 Å². The van der Waals surface area contributed by atoms with Crippen LogP contribution in [0.15, 0.2) is 29.8 Å². The van der Waals surface area contributed by atoms with Gasteiger partial charge in [-0.05, 0) is 12.1 Å². The van der Waals surface area contributed by atoms with Crippen molar-refractivity contribution in [3.63, 3.8) is 0 Å². The third kappa shape index (κ3) is 2.40. The van der Waals surface area contributed by atoms with E-state index in [2.05, 4.69) is 9.47 Å². The predicted octanol–water partition coefficient (Wildman–Crippen LogP) is 2.75. The van der Waals surface area contributed by atoms with Gasteiger partial charge in [-0.15, -0.1) is 0 Å². The van der Waals surface area contributed by atoms with Gasteiger partial charge in [0.2, 0.25) is 13.0 Å². The van der Waals surface area contributed by atoms with Crippen LogP contribution in [0, 0.1) is 0 Å². The van der Waals surface area contributed by atoms with Crippen LogP contribution in [0.2, 0.25) is 0 Å². The molecule has 2 rings (SSSR count). The van der Waals surface area contributed by atoms with E-state index in [9.17, 15) is 22.4 Å². The lowest BCUT2D eigenvalue weighted by molar-refractivity contribution is -0.188. The smallest absolute Gasteiger partial charge is 0.430 e. The first-order valence-electron chi connectivity index (χ1n) is 5.35. The molecule has 0 bridgehead atoms. The molecule has 0 fully saturated rings. The molecule has 0 saturated heterocycles. The summed E-state index contributed by atoms with van der Waals surface area (Å²) in [6, 6.07) is 5.35. The molecule has 20 heavy (non-hydrogen) atoms. The summed E-state index contributed by atoms with van der Waals surface area (Å²) in [5.41, 5.74) is -1.21. The Morgan fingerprint density at radius 3 is 2.55 bits per heavy atom. The highest BCUT2D eigenvalue weighted by Crippen LogP contribution is 2.41. The number of aliphatic carboxylic acids is 1. The second kappa shape index (κ2) is 5.03. The molecule has 1 unspecified atom stereocenters. The van der Waals surface area contributed by atoms with E-state index in [0.717, 1.165) is 0 Å². The number of carboxylic acid groups (broad SMARTS) is 1. The van der Waals surface area contributed by atoms with Gasteiger partial charge in [0.05, 0.1) is 5.56 Å². The molecule has 1 atom stereocenters. The average Bonchev–Trinajstić information content (AvgIpc) is 2.37. The number of carbonyl (C=O) groups is 1. The molecule has 0 aromatic heterocycles. The zero-order valence-corrected chi connectivity index (χ0v) is 9.78. The van der Waals surface area contributed by atoms with Crippen LogP contribution in [0.3, 0.4) is 0 Å². The quantitative estimate of drug-likeness (QED) is 0.870. The number of alkyl halides is 4. The van der Waals surface area contributed by atoms with Crippen molar-refractivity contribution in [2.75, 3.05) is 6.86 Å². The number of rotatable bonds is 3. The van der Waals surface area contributed by atoms with Crippen LogP contribution in [-0.2, 0) is 9.53 Å². The number of benzene rings is 1. The lowest BCUT2D eigenvalue weighted by atomic mass is 9.99. The SMILES string of the molecule is O=C(O)C1=C(OCF)c2ccccc2OC1C(F)(F)F. The van der Waals surface area contributed by atoms with Gasteiger partial charge in [0, 0.05) is 0 Å². The van der Waals surface area contributed by atoms with Gasteiger partial charge in [-0.25, -0.2) is 9.18 Å². The molecule has 1 heterocycles. The zero-order valence-electron chi connectivity index (χ0n) is 9.78. The first-order valence-corrected chi connectivity index (χ1v) is 5.35. The van der Waals surface area contributed by atoms with E-state index in [1.165, 1.54) is 24.3 Å². The van der Waals surface area contributed by atoms with Crippen LogP contribution < -0.4 is 4.74 Å². The number of ether oxygens (including phenoxy) is 2. The van der Waals surface area contributed by atoms with Gasteiger partial charge in [0.1, 0.15) is 17.1 Å². The molecule has 0 aliphatic carbocycles. The summed E-state index contributed by atoms with van der Waals surface area (Å²) in [4.78, 5) is 11.1. The van der Waals surface area contributed by atoms with Crippen LogP contribution in [0.5, 0.6) is 5.75 Å². The molecular weight excluding hydrogens is 284 g/mol. The van der Waals surface area contributed by atoms with E-state index in [1.54, 1.807) is 0 Å². The van der Waals surface area contributed by atoms with E-state index in [0.29, 0.717) is 0 Å². The summed E-state index contributed by atoms with van der Waals surface area (Å²) >= 11 is 0. The van der Waals surface area contributed by atoms with Crippen molar-refractivity contribution >= 4 is 11.7 Å². The Balaban J connectivity index is 2.67. The molecule has 1 N–H and O–H groups in total. The molecular formula is C12H8F4O4. The maximum Gasteiger partial charge on any atom is 0.430 e. The number of halogens is 4. The van der Waals surface area contributed by atoms with Gasteiger partial charge in [0.15, 0.2) is 0 Å². The number of hydrogen-bond acceptors (Lipinski definition) is 3. The number of para-hydroxylation sites is 1. The van der Waals surface area contributed by atoms with Gasteiger partial charge in [-0.1, -0.05) is 12.1 Å². The van der Waals surface area contributed by atoms with Crippen LogP contribution in [0.1, 0.15) is 5.56 Å². The standard InChI is InChI=1S/C12H8F4O4/c13-5-19-9-6-3-1-2-4-7(6)20-10(12(14,15)16)8(9)11(17)18/h1-4,10H,5H2,(H,17,18). The van der Waals surface area contributed by atoms with Gasteiger partial charge in [0.25, 0.3) is 0 Å². The Labute approximate surface area is 110 Å². The Hall–Kier alpha value is -2.25. The van der Waals surface area contributed by atoms with E-state index in [4.69, 9.17) is 5.11 Å². The topological polar surface area (TPSA) is 55.8 Å². The minimum absolute atomic E-state index is 0.0388. The molecule has 0 saturated carbocycles. The van der Waals surface area contributed by atoms with Crippen molar-refractivity contribution in [1.29, 1.82) is 0 Å². The highest BCUT2D eigenvalue weighted by molar-refractivity contribution is 5.97. The van der Waals surface area contributed by atoms with Crippen molar-refractivity contribution in [2.45, 2.75) is 12.3 Å². The van der Waals surface area contributed by atoms with E-state index in [-0.39, 0.29) is 11.3 Å². The minimum atomic E-state index is -4.97. The minimum Gasteiger partial charge on any atom is -0.478 e. The summed E-state index contributed by atoms with van der Waals surface area (Å²) in [5, 5.41) is 8.95. The maximum atomic E-state index is 12.9. The molecule has 1 aliphatic heterocycles. The summed E-state index contributed by atoms with van der Waals surface area (Å²) in [6.45, 7) is -1.45. The average molecular weight is 292 g/mol. The Bertz CT molecular complexity index is 565. The second-order valence-corrected chi connectivity index (χ2v) is 3.84. The van der Waals surface area contributed by atoms with Crippen LogP contribution >= 0.6 is 0 Å². The zero-order chi connectivity index (χ0) is 14.9. The van der Waals surface area contributed by atoms with Crippen molar-refractivity contribution in [3.8, 4) is 5.75 Å². The van der Waals surface area contributed by atoms with Gasteiger partial charge >= 0.3 is 12.1 Å². The van der Waals surface area contributed by atoms with Gasteiger partial charge in [-0.3, -0.25) is 0 Å². The van der Waals surface area contributed by atoms with Crippen molar-refractivity contribution < 1.29 is 36.9 Å². The normalized spacial score (nSPS) is 18.3. The molecule has 1 aromatic carbocycles. The van der Waals surface area contributed by atoms with E-state index in [1.807, 2.05) is 0 Å². The Morgan fingerprint density at radius 2 is 2.00 bits per heavy atom. The lowest BCUT2D eigenvalue weighted by Crippen LogP contribution is -2.41. The Kier molecular flexibility index (Phi) is 3.56. The fourth-order valence-corrected chi connectivity index (χ4v) is 1.86. The highest BCUT2D eigenvalue weighted by Gasteiger charge is 2.51. The largest absolute Gasteiger partial charge is 0.478 e. The molecule has 8 heteroatoms. The fraction of sp³-hybridized carbons (Fsp3) is 0.250. The number of fused-ring (bicyclic) bond motifs is 1. The molecule has 1 aromatic rings. The Morgan fingerprint density at radius 1 is 1.35 bits per heavy atom. The summed E-state index contributed by atoms with van der Waals surface area (Å²) in [7, 11) is 0. The summed E-state index contributed by atoms with van der Waals surface area (Å²) < 4.78 is 60.2. The van der Waals surface area contributed by atoms with Crippen molar-refractivity contribution in [3.05, 3.63) is 35.4 Å². The predicted molar refractivity (Wildman–Crippen MR) is 58.5 cm³/mol. The first-order chi connectivity index (χ1) is 9.36. The molecule has 0 amide bonds. The molecule has 4 nitrogen and oxygen atoms in total. The van der Waals surface area contributed by atoms with Crippen LogP contribution in [-0.4, -0.2) is 30.2 Å². The van der Waals surface area contributed by atoms with Crippen molar-refractivity contribution in [2.24, 2.45) is 0 Å². The second-order valence-electron chi connectivity index (χ2n) is 3.84. The van der Waals surface area contributed by atoms with E-state index < -0.39 is 36.4 Å². The van der Waals surface area contributed by atoms with Gasteiger partial charge < -0.3 is 14.6 Å². The summed E-state index contributed by atoms with van der Waals surface area (Å²) in [6.07, 6.45) is -7.68.